The van der Waals surface area contributed by atoms with Gasteiger partial charge in [-0.3, -0.25) is 4.79 Å². The van der Waals surface area contributed by atoms with Crippen molar-refractivity contribution in [2.45, 2.75) is 31.9 Å². The van der Waals surface area contributed by atoms with Gasteiger partial charge in [0.25, 0.3) is 5.91 Å². The van der Waals surface area contributed by atoms with Crippen LogP contribution in [0.15, 0.2) is 42.5 Å². The number of nitrogens with one attached hydrogen (secondary N) is 3. The lowest BCUT2D eigenvalue weighted by atomic mass is 10.1. The Morgan fingerprint density at radius 3 is 2.76 bits per heavy atom. The fourth-order valence-electron chi connectivity index (χ4n) is 3.73. The summed E-state index contributed by atoms with van der Waals surface area (Å²) in [5.74, 6) is -0.195. The Kier molecular flexibility index (Phi) is 7.53. The van der Waals surface area contributed by atoms with Crippen LogP contribution in [0.25, 0.3) is 11.4 Å². The molecule has 1 aliphatic rings. The number of ether oxygens (including phenoxy) is 1. The van der Waals surface area contributed by atoms with E-state index in [-0.39, 0.29) is 11.6 Å². The summed E-state index contributed by atoms with van der Waals surface area (Å²) in [4.78, 5) is 15.2. The highest BCUT2D eigenvalue weighted by Crippen LogP contribution is 2.31. The molecule has 3 aromatic rings. The van der Waals surface area contributed by atoms with E-state index in [0.29, 0.717) is 22.3 Å². The van der Waals surface area contributed by atoms with Gasteiger partial charge in [0, 0.05) is 41.9 Å². The van der Waals surface area contributed by atoms with Crippen molar-refractivity contribution < 1.29 is 18.3 Å². The summed E-state index contributed by atoms with van der Waals surface area (Å²) in [6.07, 6.45) is -4.94. The smallest absolute Gasteiger partial charge is 0.265 e. The molecule has 34 heavy (non-hydrogen) atoms. The molecule has 1 saturated heterocycles. The molecular formula is C22H24ClF2N7O2. The first-order valence-corrected chi connectivity index (χ1v) is 11.1. The van der Waals surface area contributed by atoms with Crippen LogP contribution in [0.1, 0.15) is 13.3 Å². The number of piperazine rings is 1. The van der Waals surface area contributed by atoms with Crippen molar-refractivity contribution in [3.8, 4) is 17.1 Å². The summed E-state index contributed by atoms with van der Waals surface area (Å²) >= 11 is 5.86. The second kappa shape index (κ2) is 10.7. The maximum absolute atomic E-state index is 13.2. The van der Waals surface area contributed by atoms with Crippen LogP contribution >= 0.6 is 11.6 Å². The highest BCUT2D eigenvalue weighted by atomic mass is 35.5. The van der Waals surface area contributed by atoms with Crippen LogP contribution in [-0.2, 0) is 4.79 Å². The maximum atomic E-state index is 13.2. The van der Waals surface area contributed by atoms with Crippen LogP contribution in [0.3, 0.4) is 0 Å². The van der Waals surface area contributed by atoms with Crippen LogP contribution in [-0.4, -0.2) is 64.7 Å². The second-order valence-corrected chi connectivity index (χ2v) is 8.38. The summed E-state index contributed by atoms with van der Waals surface area (Å²) in [6, 6.07) is 11.9. The third-order valence-electron chi connectivity index (χ3n) is 5.36. The molecule has 0 aliphatic carbocycles. The number of alkyl halides is 2. The van der Waals surface area contributed by atoms with Crippen LogP contribution in [0.4, 0.5) is 20.2 Å². The molecule has 180 valence electrons. The number of aromatic amines is 1. The summed E-state index contributed by atoms with van der Waals surface area (Å²) in [6.45, 7) is 4.56. The van der Waals surface area contributed by atoms with E-state index in [2.05, 4.69) is 43.1 Å². The first-order chi connectivity index (χ1) is 16.4. The number of H-pyrrole nitrogens is 1. The highest BCUT2D eigenvalue weighted by molar-refractivity contribution is 6.30. The first-order valence-electron chi connectivity index (χ1n) is 10.8. The SMILES string of the molecule is C[C@H]1CN(c2ccc(NC(=O)[C@H](CC(F)F)Oc3ccc(Cl)cc3)c(-c3nn[nH]n3)c2)CCN1. The van der Waals surface area contributed by atoms with Crippen LogP contribution in [0.5, 0.6) is 5.75 Å². The third-order valence-corrected chi connectivity index (χ3v) is 5.61. The summed E-state index contributed by atoms with van der Waals surface area (Å²) < 4.78 is 32.0. The number of aromatic nitrogens is 4. The second-order valence-electron chi connectivity index (χ2n) is 7.94. The number of benzene rings is 2. The third kappa shape index (κ3) is 5.97. The molecule has 2 heterocycles. The number of amides is 1. The van der Waals surface area contributed by atoms with E-state index in [1.54, 1.807) is 18.2 Å². The molecule has 12 heteroatoms. The van der Waals surface area contributed by atoms with Crippen molar-refractivity contribution in [1.29, 1.82) is 0 Å². The molecule has 0 spiro atoms. The van der Waals surface area contributed by atoms with Gasteiger partial charge in [-0.2, -0.15) is 5.21 Å². The van der Waals surface area contributed by atoms with E-state index in [1.807, 2.05) is 12.1 Å². The Balaban J connectivity index is 1.58. The zero-order valence-electron chi connectivity index (χ0n) is 18.3. The minimum atomic E-state index is -2.74. The van der Waals surface area contributed by atoms with E-state index < -0.39 is 24.9 Å². The number of carbonyl (C=O) groups is 1. The van der Waals surface area contributed by atoms with E-state index in [0.717, 1.165) is 25.3 Å². The number of rotatable bonds is 8. The number of anilines is 2. The number of halogens is 3. The maximum Gasteiger partial charge on any atom is 0.265 e. The van der Waals surface area contributed by atoms with Gasteiger partial charge in [0.15, 0.2) is 6.10 Å². The molecule has 4 rings (SSSR count). The van der Waals surface area contributed by atoms with Crippen LogP contribution in [0.2, 0.25) is 5.02 Å². The predicted molar refractivity (Wildman–Crippen MR) is 124 cm³/mol. The first kappa shape index (κ1) is 23.8. The van der Waals surface area contributed by atoms with Crippen LogP contribution in [0, 0.1) is 0 Å². The van der Waals surface area contributed by atoms with Gasteiger partial charge in [0.05, 0.1) is 12.1 Å². The number of nitrogens with zero attached hydrogens (tertiary/aromatic N) is 4. The Bertz CT molecular complexity index is 1100. The fraction of sp³-hybridized carbons (Fsp3) is 0.364. The van der Waals surface area contributed by atoms with Gasteiger partial charge < -0.3 is 20.3 Å². The predicted octanol–water partition coefficient (Wildman–Crippen LogP) is 3.36. The normalized spacial score (nSPS) is 17.0. The molecule has 3 N–H and O–H groups in total. The molecule has 1 fully saturated rings. The lowest BCUT2D eigenvalue weighted by Crippen LogP contribution is -2.49. The molecule has 0 saturated carbocycles. The Morgan fingerprint density at radius 2 is 2.09 bits per heavy atom. The highest BCUT2D eigenvalue weighted by Gasteiger charge is 2.27. The van der Waals surface area contributed by atoms with E-state index >= 15 is 0 Å². The zero-order chi connectivity index (χ0) is 24.1. The van der Waals surface area contributed by atoms with Gasteiger partial charge in [-0.25, -0.2) is 8.78 Å². The minimum Gasteiger partial charge on any atom is -0.480 e. The Morgan fingerprint density at radius 1 is 1.29 bits per heavy atom. The van der Waals surface area contributed by atoms with Crippen molar-refractivity contribution in [3.63, 3.8) is 0 Å². The summed E-state index contributed by atoms with van der Waals surface area (Å²) in [5, 5.41) is 20.6. The minimum absolute atomic E-state index is 0.256. The molecule has 1 amide bonds. The van der Waals surface area contributed by atoms with Crippen molar-refractivity contribution in [1.82, 2.24) is 25.9 Å². The van der Waals surface area contributed by atoms with Gasteiger partial charge in [-0.1, -0.05) is 11.6 Å². The van der Waals surface area contributed by atoms with Gasteiger partial charge in [0.1, 0.15) is 5.75 Å². The molecule has 2 atom stereocenters. The lowest BCUT2D eigenvalue weighted by Gasteiger charge is -2.34. The largest absolute Gasteiger partial charge is 0.480 e. The molecule has 1 aromatic heterocycles. The Labute approximate surface area is 199 Å². The fourth-order valence-corrected chi connectivity index (χ4v) is 3.85. The average molecular weight is 492 g/mol. The molecule has 9 nitrogen and oxygen atoms in total. The van der Waals surface area contributed by atoms with Gasteiger partial charge in [-0.15, -0.1) is 10.2 Å². The monoisotopic (exact) mass is 491 g/mol. The summed E-state index contributed by atoms with van der Waals surface area (Å²) in [5.41, 5.74) is 1.79. The van der Waals surface area contributed by atoms with Crippen molar-refractivity contribution in [2.24, 2.45) is 0 Å². The molecule has 1 aliphatic heterocycles. The average Bonchev–Trinajstić information content (AvgIpc) is 3.35. The molecule has 0 bridgehead atoms. The molecule has 0 radical (unpaired) electrons. The van der Waals surface area contributed by atoms with E-state index in [9.17, 15) is 13.6 Å². The number of tetrazole rings is 1. The van der Waals surface area contributed by atoms with Crippen molar-refractivity contribution >= 4 is 28.9 Å². The van der Waals surface area contributed by atoms with E-state index in [4.69, 9.17) is 16.3 Å². The van der Waals surface area contributed by atoms with Crippen LogP contribution < -0.4 is 20.3 Å². The van der Waals surface area contributed by atoms with Gasteiger partial charge >= 0.3 is 0 Å². The van der Waals surface area contributed by atoms with Crippen molar-refractivity contribution in [3.05, 3.63) is 47.5 Å². The molecular weight excluding hydrogens is 468 g/mol. The number of carbonyl (C=O) groups excluding carboxylic acids is 1. The molecule has 0 unspecified atom stereocenters. The van der Waals surface area contributed by atoms with Crippen molar-refractivity contribution in [2.75, 3.05) is 29.9 Å². The zero-order valence-corrected chi connectivity index (χ0v) is 19.1. The Hall–Kier alpha value is -3.31. The number of hydrogen-bond acceptors (Lipinski definition) is 7. The van der Waals surface area contributed by atoms with Gasteiger partial charge in [-0.05, 0) is 54.6 Å². The quantitative estimate of drug-likeness (QED) is 0.443. The standard InChI is InChI=1S/C22H24ClF2N7O2/c1-13-12-32(9-8-26-13)15-4-7-18(17(10-15)21-28-30-31-29-21)27-22(33)19(11-20(24)25)34-16-5-2-14(23)3-6-16/h2-7,10,13,19-20,26H,8-9,11-12H2,1H3,(H,27,33)(H,28,29,30,31)/t13-,19-/m0/s1. The van der Waals surface area contributed by atoms with Gasteiger partial charge in [0.2, 0.25) is 12.2 Å². The topological polar surface area (TPSA) is 108 Å². The summed E-state index contributed by atoms with van der Waals surface area (Å²) in [7, 11) is 0. The number of hydrogen-bond donors (Lipinski definition) is 3. The van der Waals surface area contributed by atoms with E-state index in [1.165, 1.54) is 12.1 Å². The molecule has 2 aromatic carbocycles. The lowest BCUT2D eigenvalue weighted by molar-refractivity contribution is -0.124.